The minimum absolute atomic E-state index is 0.0602. The lowest BCUT2D eigenvalue weighted by Gasteiger charge is -2.47. The first-order valence-electron chi connectivity index (χ1n) is 12.8. The lowest BCUT2D eigenvalue weighted by atomic mass is 9.95. The van der Waals surface area contributed by atoms with Gasteiger partial charge in [0.15, 0.2) is 18.7 Å². The Balaban J connectivity index is 1.36. The number of aliphatic hydroxyl groups excluding tert-OH is 1. The van der Waals surface area contributed by atoms with E-state index in [2.05, 4.69) is 0 Å². The van der Waals surface area contributed by atoms with Crippen molar-refractivity contribution < 1.29 is 38.5 Å². The summed E-state index contributed by atoms with van der Waals surface area (Å²) in [5.41, 5.74) is 1.08. The van der Waals surface area contributed by atoms with E-state index in [-0.39, 0.29) is 12.3 Å². The standard InChI is InChI=1S/C28H35NO9/c1-28(2,3)27(31)38-24-22(30)23-21(17-35-25(37-23)19-10-5-4-6-11-19)36-26(24)34-16-8-7-9-18-12-14-20(15-13-18)29(32)33/h4-6,10-15,21-26,30H,7-9,16-17H2,1-3H3/t21-,22+,23+,24-,25+,26-/m1/s1. The molecular formula is C28H35NO9. The number of esters is 1. The Kier molecular flexibility index (Phi) is 9.11. The second-order valence-corrected chi connectivity index (χ2v) is 10.6. The average molecular weight is 530 g/mol. The zero-order chi connectivity index (χ0) is 27.3. The number of unbranched alkanes of at least 4 members (excludes halogenated alkanes) is 1. The van der Waals surface area contributed by atoms with Crippen LogP contribution in [0.2, 0.25) is 0 Å². The summed E-state index contributed by atoms with van der Waals surface area (Å²) in [6.07, 6.45) is -3.11. The second kappa shape index (κ2) is 12.3. The summed E-state index contributed by atoms with van der Waals surface area (Å²) in [4.78, 5) is 23.1. The molecule has 38 heavy (non-hydrogen) atoms. The van der Waals surface area contributed by atoms with Crippen molar-refractivity contribution >= 4 is 11.7 Å². The number of ether oxygens (including phenoxy) is 5. The molecule has 6 atom stereocenters. The second-order valence-electron chi connectivity index (χ2n) is 10.6. The van der Waals surface area contributed by atoms with Crippen LogP contribution in [0, 0.1) is 15.5 Å². The summed E-state index contributed by atoms with van der Waals surface area (Å²) in [6.45, 7) is 5.69. The maximum absolute atomic E-state index is 12.7. The number of rotatable bonds is 9. The van der Waals surface area contributed by atoms with Crippen molar-refractivity contribution in [2.75, 3.05) is 13.2 Å². The molecule has 2 aliphatic heterocycles. The van der Waals surface area contributed by atoms with Gasteiger partial charge in [0.05, 0.1) is 16.9 Å². The molecule has 10 nitrogen and oxygen atoms in total. The highest BCUT2D eigenvalue weighted by Gasteiger charge is 2.52. The number of aryl methyl sites for hydroxylation is 1. The molecule has 2 fully saturated rings. The molecule has 0 amide bonds. The van der Waals surface area contributed by atoms with Crippen LogP contribution in [0.3, 0.4) is 0 Å². The first kappa shape index (κ1) is 28.1. The number of carbonyl (C=O) groups is 1. The molecule has 0 spiro atoms. The Hall–Kier alpha value is -2.89. The minimum atomic E-state index is -1.18. The molecule has 1 N–H and O–H groups in total. The van der Waals surface area contributed by atoms with Gasteiger partial charge in [-0.1, -0.05) is 42.5 Å². The number of aliphatic hydroxyl groups is 1. The van der Waals surface area contributed by atoms with Crippen LogP contribution < -0.4 is 0 Å². The molecule has 2 saturated heterocycles. The third kappa shape index (κ3) is 6.95. The van der Waals surface area contributed by atoms with Crippen molar-refractivity contribution in [3.05, 3.63) is 75.8 Å². The van der Waals surface area contributed by atoms with E-state index in [0.29, 0.717) is 13.0 Å². The van der Waals surface area contributed by atoms with Gasteiger partial charge in [-0.25, -0.2) is 0 Å². The number of hydrogen-bond acceptors (Lipinski definition) is 9. The maximum atomic E-state index is 12.7. The highest BCUT2D eigenvalue weighted by Crippen LogP contribution is 2.36. The molecular weight excluding hydrogens is 494 g/mol. The molecule has 0 bridgehead atoms. The maximum Gasteiger partial charge on any atom is 0.311 e. The van der Waals surface area contributed by atoms with E-state index in [1.807, 2.05) is 30.3 Å². The number of hydrogen-bond donors (Lipinski definition) is 1. The number of non-ortho nitro benzene ring substituents is 1. The monoisotopic (exact) mass is 529 g/mol. The van der Waals surface area contributed by atoms with Crippen molar-refractivity contribution in [3.63, 3.8) is 0 Å². The highest BCUT2D eigenvalue weighted by atomic mass is 16.8. The van der Waals surface area contributed by atoms with Crippen molar-refractivity contribution in [1.29, 1.82) is 0 Å². The van der Waals surface area contributed by atoms with Gasteiger partial charge in [-0.05, 0) is 45.6 Å². The van der Waals surface area contributed by atoms with Gasteiger partial charge in [0.25, 0.3) is 5.69 Å². The molecule has 0 saturated carbocycles. The van der Waals surface area contributed by atoms with Crippen molar-refractivity contribution in [2.45, 2.75) is 77.0 Å². The SMILES string of the molecule is CC(C)(C)C(=O)O[C@H]1[C@H](OCCCCc2ccc([N+](=O)[O-])cc2)O[C@@H]2CO[C@H](c3ccccc3)O[C@@H]2[C@@H]1O. The summed E-state index contributed by atoms with van der Waals surface area (Å²) in [5.74, 6) is -0.484. The van der Waals surface area contributed by atoms with Gasteiger partial charge < -0.3 is 28.8 Å². The van der Waals surface area contributed by atoms with E-state index in [0.717, 1.165) is 24.0 Å². The fourth-order valence-electron chi connectivity index (χ4n) is 4.32. The van der Waals surface area contributed by atoms with Gasteiger partial charge >= 0.3 is 5.97 Å². The quantitative estimate of drug-likeness (QED) is 0.221. The van der Waals surface area contributed by atoms with E-state index in [1.54, 1.807) is 32.9 Å². The normalized spacial score (nSPS) is 27.4. The lowest BCUT2D eigenvalue weighted by molar-refractivity contribution is -0.384. The average Bonchev–Trinajstić information content (AvgIpc) is 2.90. The number of benzene rings is 2. The molecule has 10 heteroatoms. The summed E-state index contributed by atoms with van der Waals surface area (Å²) in [6, 6.07) is 15.9. The van der Waals surface area contributed by atoms with Crippen molar-refractivity contribution in [3.8, 4) is 0 Å². The van der Waals surface area contributed by atoms with E-state index in [4.69, 9.17) is 23.7 Å². The Morgan fingerprint density at radius 1 is 1.08 bits per heavy atom. The fourth-order valence-corrected chi connectivity index (χ4v) is 4.32. The molecule has 0 unspecified atom stereocenters. The number of nitrogens with zero attached hydrogens (tertiary/aromatic N) is 1. The fraction of sp³-hybridized carbons (Fsp3) is 0.536. The van der Waals surface area contributed by atoms with E-state index < -0.39 is 53.3 Å². The molecule has 2 aromatic carbocycles. The first-order valence-corrected chi connectivity index (χ1v) is 12.8. The topological polar surface area (TPSA) is 127 Å². The van der Waals surface area contributed by atoms with Gasteiger partial charge in [-0.3, -0.25) is 14.9 Å². The predicted octanol–water partition coefficient (Wildman–Crippen LogP) is 4.09. The Morgan fingerprint density at radius 2 is 1.79 bits per heavy atom. The van der Waals surface area contributed by atoms with Crippen LogP contribution in [0.25, 0.3) is 0 Å². The summed E-state index contributed by atoms with van der Waals surface area (Å²) in [7, 11) is 0. The summed E-state index contributed by atoms with van der Waals surface area (Å²) >= 11 is 0. The molecule has 0 aliphatic carbocycles. The smallest absolute Gasteiger partial charge is 0.311 e. The van der Waals surface area contributed by atoms with Crippen LogP contribution in [0.1, 0.15) is 51.0 Å². The Bertz CT molecular complexity index is 1070. The first-order chi connectivity index (χ1) is 18.1. The third-order valence-electron chi connectivity index (χ3n) is 6.53. The van der Waals surface area contributed by atoms with Crippen molar-refractivity contribution in [2.24, 2.45) is 5.41 Å². The molecule has 206 valence electrons. The molecule has 2 heterocycles. The van der Waals surface area contributed by atoms with Crippen molar-refractivity contribution in [1.82, 2.24) is 0 Å². The Labute approximate surface area is 221 Å². The number of nitro benzene ring substituents is 1. The Morgan fingerprint density at radius 3 is 2.45 bits per heavy atom. The van der Waals surface area contributed by atoms with E-state index >= 15 is 0 Å². The summed E-state index contributed by atoms with van der Waals surface area (Å²) in [5, 5.41) is 22.1. The molecule has 0 radical (unpaired) electrons. The van der Waals surface area contributed by atoms with Gasteiger partial charge in [-0.2, -0.15) is 0 Å². The number of nitro groups is 1. The molecule has 4 rings (SSSR count). The van der Waals surface area contributed by atoms with Crippen LogP contribution in [-0.2, 0) is 34.9 Å². The zero-order valence-corrected chi connectivity index (χ0v) is 21.9. The third-order valence-corrected chi connectivity index (χ3v) is 6.53. The summed E-state index contributed by atoms with van der Waals surface area (Å²) < 4.78 is 29.7. The van der Waals surface area contributed by atoms with Gasteiger partial charge in [-0.15, -0.1) is 0 Å². The number of carbonyl (C=O) groups excluding carboxylic acids is 1. The van der Waals surface area contributed by atoms with Crippen LogP contribution in [0.15, 0.2) is 54.6 Å². The predicted molar refractivity (Wildman–Crippen MR) is 136 cm³/mol. The largest absolute Gasteiger partial charge is 0.454 e. The van der Waals surface area contributed by atoms with Crippen LogP contribution >= 0.6 is 0 Å². The zero-order valence-electron chi connectivity index (χ0n) is 21.9. The highest BCUT2D eigenvalue weighted by molar-refractivity contribution is 5.75. The molecule has 2 aliphatic rings. The number of fused-ring (bicyclic) bond motifs is 1. The van der Waals surface area contributed by atoms with Gasteiger partial charge in [0.2, 0.25) is 0 Å². The van der Waals surface area contributed by atoms with Crippen LogP contribution in [0.4, 0.5) is 5.69 Å². The van der Waals surface area contributed by atoms with Gasteiger partial charge in [0.1, 0.15) is 18.3 Å². The van der Waals surface area contributed by atoms with E-state index in [1.165, 1.54) is 12.1 Å². The van der Waals surface area contributed by atoms with Gasteiger partial charge in [0, 0.05) is 24.3 Å². The molecule has 0 aromatic heterocycles. The molecule has 2 aromatic rings. The lowest BCUT2D eigenvalue weighted by Crippen LogP contribution is -2.63. The van der Waals surface area contributed by atoms with Crippen LogP contribution in [-0.4, -0.2) is 59.9 Å². The van der Waals surface area contributed by atoms with E-state index in [9.17, 15) is 20.0 Å². The minimum Gasteiger partial charge on any atom is -0.454 e. The van der Waals surface area contributed by atoms with Crippen LogP contribution in [0.5, 0.6) is 0 Å².